The van der Waals surface area contributed by atoms with E-state index in [4.69, 9.17) is 10.5 Å². The van der Waals surface area contributed by atoms with Crippen molar-refractivity contribution in [2.45, 2.75) is 6.18 Å². The second-order valence-corrected chi connectivity index (χ2v) is 4.47. The van der Waals surface area contributed by atoms with Gasteiger partial charge in [-0.2, -0.15) is 13.2 Å². The van der Waals surface area contributed by atoms with Crippen LogP contribution >= 0.6 is 0 Å². The zero-order valence-corrected chi connectivity index (χ0v) is 11.8. The number of amides is 1. The number of carbonyl (C=O) groups is 1. The number of methoxy groups -OCH3 is 1. The minimum Gasteiger partial charge on any atom is -0.399 e. The van der Waals surface area contributed by atoms with Gasteiger partial charge in [0.2, 0.25) is 5.91 Å². The summed E-state index contributed by atoms with van der Waals surface area (Å²) in [6.45, 7) is 0.443. The number of carbonyl (C=O) groups excluding carboxylic acids is 1. The molecule has 0 aliphatic carbocycles. The third-order valence-corrected chi connectivity index (χ3v) is 2.75. The van der Waals surface area contributed by atoms with E-state index in [1.54, 1.807) is 0 Å². The summed E-state index contributed by atoms with van der Waals surface area (Å²) in [5.41, 5.74) is 4.45. The van der Waals surface area contributed by atoms with Crippen molar-refractivity contribution >= 4 is 17.3 Å². The quantitative estimate of drug-likeness (QED) is 0.617. The molecule has 118 valence electrons. The van der Waals surface area contributed by atoms with Gasteiger partial charge >= 0.3 is 6.18 Å². The molecule has 1 aromatic rings. The summed E-state index contributed by atoms with van der Waals surface area (Å²) in [6, 6.07) is 3.47. The summed E-state index contributed by atoms with van der Waals surface area (Å²) in [7, 11) is 2.90. The third kappa shape index (κ3) is 5.14. The van der Waals surface area contributed by atoms with Gasteiger partial charge in [-0.25, -0.2) is 0 Å². The van der Waals surface area contributed by atoms with E-state index in [1.807, 2.05) is 0 Å². The van der Waals surface area contributed by atoms with Crippen LogP contribution in [0.4, 0.5) is 24.5 Å². The Balaban J connectivity index is 2.83. The topological polar surface area (TPSA) is 67.6 Å². The maximum absolute atomic E-state index is 13.0. The zero-order chi connectivity index (χ0) is 16.0. The number of likely N-dealkylation sites (N-methyl/N-ethyl adjacent to an activating group) is 1. The molecule has 0 spiro atoms. The predicted molar refractivity (Wildman–Crippen MR) is 74.0 cm³/mol. The van der Waals surface area contributed by atoms with Crippen LogP contribution in [-0.2, 0) is 15.7 Å². The number of ether oxygens (including phenoxy) is 1. The number of nitrogens with zero attached hydrogens (tertiary/aromatic N) is 1. The Hall–Kier alpha value is -1.96. The molecule has 0 unspecified atom stereocenters. The van der Waals surface area contributed by atoms with E-state index in [1.165, 1.54) is 31.2 Å². The Kier molecular flexibility index (Phi) is 5.83. The average molecular weight is 305 g/mol. The smallest absolute Gasteiger partial charge is 0.399 e. The first-order chi connectivity index (χ1) is 9.75. The molecule has 0 radical (unpaired) electrons. The first-order valence-electron chi connectivity index (χ1n) is 6.19. The maximum atomic E-state index is 13.0. The molecule has 0 heterocycles. The van der Waals surface area contributed by atoms with Crippen molar-refractivity contribution in [3.63, 3.8) is 0 Å². The summed E-state index contributed by atoms with van der Waals surface area (Å²) in [6.07, 6.45) is -4.54. The van der Waals surface area contributed by atoms with Gasteiger partial charge in [0.25, 0.3) is 0 Å². The summed E-state index contributed by atoms with van der Waals surface area (Å²) in [5, 5.41) is 2.54. The Morgan fingerprint density at radius 1 is 1.43 bits per heavy atom. The highest BCUT2D eigenvalue weighted by Crippen LogP contribution is 2.37. The molecule has 0 atom stereocenters. The molecule has 0 saturated heterocycles. The molecule has 21 heavy (non-hydrogen) atoms. The van der Waals surface area contributed by atoms with Crippen LogP contribution in [-0.4, -0.2) is 39.8 Å². The van der Waals surface area contributed by atoms with Crippen molar-refractivity contribution in [1.82, 2.24) is 5.32 Å². The molecule has 1 aromatic carbocycles. The monoisotopic (exact) mass is 305 g/mol. The predicted octanol–water partition coefficient (Wildman–Crippen LogP) is 1.49. The number of nitrogen functional groups attached to an aromatic ring is 1. The molecule has 0 bridgehead atoms. The van der Waals surface area contributed by atoms with Crippen LogP contribution in [0.1, 0.15) is 5.56 Å². The van der Waals surface area contributed by atoms with Gasteiger partial charge < -0.3 is 20.7 Å². The van der Waals surface area contributed by atoms with E-state index in [0.717, 1.165) is 6.07 Å². The van der Waals surface area contributed by atoms with Gasteiger partial charge in [-0.3, -0.25) is 4.79 Å². The van der Waals surface area contributed by atoms with Crippen LogP contribution < -0.4 is 16.0 Å². The second-order valence-electron chi connectivity index (χ2n) is 4.47. The van der Waals surface area contributed by atoms with Crippen molar-refractivity contribution in [3.05, 3.63) is 23.8 Å². The van der Waals surface area contributed by atoms with Gasteiger partial charge in [-0.1, -0.05) is 0 Å². The molecule has 0 saturated carbocycles. The molecule has 0 aliphatic rings. The zero-order valence-electron chi connectivity index (χ0n) is 11.8. The van der Waals surface area contributed by atoms with Crippen LogP contribution in [0.25, 0.3) is 0 Å². The summed E-state index contributed by atoms with van der Waals surface area (Å²) >= 11 is 0. The summed E-state index contributed by atoms with van der Waals surface area (Å²) in [5.74, 6) is -0.389. The number of hydrogen-bond acceptors (Lipinski definition) is 4. The lowest BCUT2D eigenvalue weighted by Crippen LogP contribution is -2.37. The molecule has 0 aromatic heterocycles. The number of benzene rings is 1. The van der Waals surface area contributed by atoms with Gasteiger partial charge in [0.15, 0.2) is 0 Å². The first-order valence-corrected chi connectivity index (χ1v) is 6.19. The molecule has 0 aliphatic heterocycles. The SMILES string of the molecule is COCCNC(=O)CN(C)c1ccc(N)cc1C(F)(F)F. The molecule has 8 heteroatoms. The van der Waals surface area contributed by atoms with Crippen LogP contribution in [0.5, 0.6) is 0 Å². The lowest BCUT2D eigenvalue weighted by molar-refractivity contribution is -0.137. The van der Waals surface area contributed by atoms with Crippen molar-refractivity contribution in [2.75, 3.05) is 44.5 Å². The van der Waals surface area contributed by atoms with Crippen LogP contribution in [0, 0.1) is 0 Å². The number of nitrogens with one attached hydrogen (secondary N) is 1. The lowest BCUT2D eigenvalue weighted by atomic mass is 10.1. The summed E-state index contributed by atoms with van der Waals surface area (Å²) in [4.78, 5) is 12.8. The fraction of sp³-hybridized carbons (Fsp3) is 0.462. The highest BCUT2D eigenvalue weighted by molar-refractivity contribution is 5.81. The van der Waals surface area contributed by atoms with E-state index in [-0.39, 0.29) is 23.8 Å². The fourth-order valence-corrected chi connectivity index (χ4v) is 1.76. The van der Waals surface area contributed by atoms with Crippen molar-refractivity contribution in [2.24, 2.45) is 0 Å². The lowest BCUT2D eigenvalue weighted by Gasteiger charge is -2.23. The molecule has 1 amide bonds. The molecule has 5 nitrogen and oxygen atoms in total. The number of halogens is 3. The number of rotatable bonds is 6. The standard InChI is InChI=1S/C13H18F3N3O2/c1-19(8-12(20)18-5-6-21-2)11-4-3-9(17)7-10(11)13(14,15)16/h3-4,7H,5-6,8,17H2,1-2H3,(H,18,20). The normalized spacial score (nSPS) is 11.3. The molecule has 3 N–H and O–H groups in total. The van der Waals surface area contributed by atoms with E-state index in [0.29, 0.717) is 13.2 Å². The molecular formula is C13H18F3N3O2. The van der Waals surface area contributed by atoms with E-state index in [2.05, 4.69) is 5.32 Å². The number of hydrogen-bond donors (Lipinski definition) is 2. The Labute approximate surface area is 120 Å². The van der Waals surface area contributed by atoms with Gasteiger partial charge in [0.05, 0.1) is 18.7 Å². The van der Waals surface area contributed by atoms with E-state index < -0.39 is 11.7 Å². The first kappa shape index (κ1) is 17.1. The minimum absolute atomic E-state index is 0.0176. The largest absolute Gasteiger partial charge is 0.418 e. The van der Waals surface area contributed by atoms with Gasteiger partial charge in [-0.15, -0.1) is 0 Å². The van der Waals surface area contributed by atoms with Crippen molar-refractivity contribution in [3.8, 4) is 0 Å². The maximum Gasteiger partial charge on any atom is 0.418 e. The summed E-state index contributed by atoms with van der Waals surface area (Å²) < 4.78 is 43.7. The Morgan fingerprint density at radius 2 is 2.10 bits per heavy atom. The van der Waals surface area contributed by atoms with Crippen molar-refractivity contribution < 1.29 is 22.7 Å². The highest BCUT2D eigenvalue weighted by Gasteiger charge is 2.34. The molecular weight excluding hydrogens is 287 g/mol. The number of anilines is 2. The molecule has 0 fully saturated rings. The van der Waals surface area contributed by atoms with E-state index >= 15 is 0 Å². The third-order valence-electron chi connectivity index (χ3n) is 2.75. The Morgan fingerprint density at radius 3 is 2.67 bits per heavy atom. The average Bonchev–Trinajstić information content (AvgIpc) is 2.37. The number of nitrogens with two attached hydrogens (primary N) is 1. The van der Waals surface area contributed by atoms with E-state index in [9.17, 15) is 18.0 Å². The van der Waals surface area contributed by atoms with Crippen LogP contribution in [0.15, 0.2) is 18.2 Å². The Bertz CT molecular complexity index is 492. The fourth-order valence-electron chi connectivity index (χ4n) is 1.76. The van der Waals surface area contributed by atoms with Crippen LogP contribution in [0.3, 0.4) is 0 Å². The minimum atomic E-state index is -4.54. The highest BCUT2D eigenvalue weighted by atomic mass is 19.4. The second kappa shape index (κ2) is 7.16. The number of alkyl halides is 3. The van der Waals surface area contributed by atoms with Gasteiger partial charge in [0.1, 0.15) is 0 Å². The van der Waals surface area contributed by atoms with Gasteiger partial charge in [-0.05, 0) is 18.2 Å². The van der Waals surface area contributed by atoms with Crippen molar-refractivity contribution in [1.29, 1.82) is 0 Å². The molecule has 1 rings (SSSR count). The van der Waals surface area contributed by atoms with Crippen LogP contribution in [0.2, 0.25) is 0 Å². The van der Waals surface area contributed by atoms with Gasteiger partial charge in [0, 0.05) is 32.1 Å².